The van der Waals surface area contributed by atoms with Gasteiger partial charge in [0.15, 0.2) is 0 Å². The van der Waals surface area contributed by atoms with Gasteiger partial charge in [-0.2, -0.15) is 0 Å². The monoisotopic (exact) mass is 181 g/mol. The van der Waals surface area contributed by atoms with E-state index in [0.29, 0.717) is 11.1 Å². The highest BCUT2D eigenvalue weighted by Crippen LogP contribution is 2.33. The smallest absolute Gasteiger partial charge is 0.126 e. The van der Waals surface area contributed by atoms with Crippen LogP contribution in [0.1, 0.15) is 23.6 Å². The van der Waals surface area contributed by atoms with Crippen molar-refractivity contribution in [2.75, 3.05) is 6.54 Å². The number of hydrogen-bond acceptors (Lipinski definition) is 2. The van der Waals surface area contributed by atoms with Gasteiger partial charge in [-0.3, -0.25) is 0 Å². The van der Waals surface area contributed by atoms with Crippen molar-refractivity contribution < 1.29 is 9.50 Å². The number of benzene rings is 1. The van der Waals surface area contributed by atoms with Crippen LogP contribution in [0.25, 0.3) is 0 Å². The van der Waals surface area contributed by atoms with Crippen molar-refractivity contribution in [1.29, 1.82) is 0 Å². The van der Waals surface area contributed by atoms with Gasteiger partial charge in [0, 0.05) is 11.6 Å². The summed E-state index contributed by atoms with van der Waals surface area (Å²) < 4.78 is 13.1. The Labute approximate surface area is 76.4 Å². The molecule has 0 bridgehead atoms. The topological polar surface area (TPSA) is 32.3 Å². The summed E-state index contributed by atoms with van der Waals surface area (Å²) in [6, 6.07) is 2.85. The molecule has 1 aromatic carbocycles. The van der Waals surface area contributed by atoms with Crippen molar-refractivity contribution in [2.24, 2.45) is 0 Å². The first-order chi connectivity index (χ1) is 6.20. The van der Waals surface area contributed by atoms with E-state index in [4.69, 9.17) is 0 Å². The van der Waals surface area contributed by atoms with Gasteiger partial charge in [0.05, 0.1) is 0 Å². The van der Waals surface area contributed by atoms with E-state index in [2.05, 4.69) is 5.32 Å². The van der Waals surface area contributed by atoms with Gasteiger partial charge in [-0.05, 0) is 37.6 Å². The summed E-state index contributed by atoms with van der Waals surface area (Å²) in [5.74, 6) is -0.0578. The van der Waals surface area contributed by atoms with Crippen LogP contribution in [0.5, 0.6) is 5.75 Å². The van der Waals surface area contributed by atoms with Crippen LogP contribution in [0.4, 0.5) is 4.39 Å². The summed E-state index contributed by atoms with van der Waals surface area (Å²) in [6.45, 7) is 2.64. The molecule has 1 heterocycles. The van der Waals surface area contributed by atoms with Crippen LogP contribution in [0.2, 0.25) is 0 Å². The number of nitrogens with one attached hydrogen (secondary N) is 1. The molecule has 1 aliphatic rings. The maximum Gasteiger partial charge on any atom is 0.126 e. The Bertz CT molecular complexity index is 334. The van der Waals surface area contributed by atoms with E-state index in [1.54, 1.807) is 6.92 Å². The first-order valence-corrected chi connectivity index (χ1v) is 4.41. The number of phenols is 1. The van der Waals surface area contributed by atoms with Crippen molar-refractivity contribution in [3.63, 3.8) is 0 Å². The molecule has 1 aromatic rings. The molecule has 0 aliphatic carbocycles. The number of aromatic hydroxyl groups is 1. The van der Waals surface area contributed by atoms with Gasteiger partial charge in [-0.25, -0.2) is 4.39 Å². The molecule has 1 fully saturated rings. The molecule has 2 nitrogen and oxygen atoms in total. The fourth-order valence-corrected chi connectivity index (χ4v) is 1.66. The van der Waals surface area contributed by atoms with Gasteiger partial charge in [0.2, 0.25) is 0 Å². The second-order valence-electron chi connectivity index (χ2n) is 3.40. The lowest BCUT2D eigenvalue weighted by molar-refractivity contribution is 0.360. The first-order valence-electron chi connectivity index (χ1n) is 4.41. The van der Waals surface area contributed by atoms with E-state index < -0.39 is 0 Å². The van der Waals surface area contributed by atoms with Crippen LogP contribution in [-0.2, 0) is 0 Å². The minimum absolute atomic E-state index is 0.135. The third kappa shape index (κ3) is 1.29. The first kappa shape index (κ1) is 8.51. The van der Waals surface area contributed by atoms with Gasteiger partial charge in [-0.15, -0.1) is 0 Å². The SMILES string of the molecule is Cc1c(F)ccc(O)c1[C@H]1CCN1. The molecule has 0 amide bonds. The van der Waals surface area contributed by atoms with Gasteiger partial charge in [-0.1, -0.05) is 0 Å². The molecule has 1 saturated heterocycles. The molecular formula is C10H12FNO. The van der Waals surface area contributed by atoms with Gasteiger partial charge in [0.25, 0.3) is 0 Å². The predicted octanol–water partition coefficient (Wildman–Crippen LogP) is 1.87. The quantitative estimate of drug-likeness (QED) is 0.693. The largest absolute Gasteiger partial charge is 0.508 e. The number of hydrogen-bond donors (Lipinski definition) is 2. The second-order valence-corrected chi connectivity index (χ2v) is 3.40. The summed E-state index contributed by atoms with van der Waals surface area (Å²) in [4.78, 5) is 0. The highest BCUT2D eigenvalue weighted by molar-refractivity contribution is 5.42. The zero-order chi connectivity index (χ0) is 9.42. The summed E-state index contributed by atoms with van der Waals surface area (Å²) in [6.07, 6.45) is 0.970. The van der Waals surface area contributed by atoms with Crippen LogP contribution in [-0.4, -0.2) is 11.7 Å². The lowest BCUT2D eigenvalue weighted by atomic mass is 9.93. The van der Waals surface area contributed by atoms with E-state index in [9.17, 15) is 9.50 Å². The molecule has 0 spiro atoms. The van der Waals surface area contributed by atoms with E-state index in [-0.39, 0.29) is 17.6 Å². The molecule has 2 N–H and O–H groups in total. The predicted molar refractivity (Wildman–Crippen MR) is 48.2 cm³/mol. The van der Waals surface area contributed by atoms with Crippen molar-refractivity contribution in [2.45, 2.75) is 19.4 Å². The van der Waals surface area contributed by atoms with Crippen molar-refractivity contribution in [3.05, 3.63) is 29.1 Å². The highest BCUT2D eigenvalue weighted by Gasteiger charge is 2.24. The summed E-state index contributed by atoms with van der Waals surface area (Å²) in [5, 5.41) is 12.7. The third-order valence-corrected chi connectivity index (χ3v) is 2.60. The minimum Gasteiger partial charge on any atom is -0.508 e. The van der Waals surface area contributed by atoms with E-state index >= 15 is 0 Å². The lowest BCUT2D eigenvalue weighted by Gasteiger charge is -2.29. The molecule has 1 aliphatic heterocycles. The summed E-state index contributed by atoms with van der Waals surface area (Å²) in [5.41, 5.74) is 1.27. The molecule has 0 radical (unpaired) electrons. The van der Waals surface area contributed by atoms with Gasteiger partial charge in [0.1, 0.15) is 11.6 Å². The Balaban J connectivity index is 2.46. The van der Waals surface area contributed by atoms with Crippen LogP contribution in [0.15, 0.2) is 12.1 Å². The van der Waals surface area contributed by atoms with E-state index in [1.807, 2.05) is 0 Å². The molecule has 13 heavy (non-hydrogen) atoms. The van der Waals surface area contributed by atoms with Gasteiger partial charge < -0.3 is 10.4 Å². The molecule has 0 saturated carbocycles. The van der Waals surface area contributed by atoms with Crippen molar-refractivity contribution >= 4 is 0 Å². The Morgan fingerprint density at radius 2 is 2.23 bits per heavy atom. The zero-order valence-corrected chi connectivity index (χ0v) is 7.47. The average Bonchev–Trinajstić information content (AvgIpc) is 2.02. The highest BCUT2D eigenvalue weighted by atomic mass is 19.1. The van der Waals surface area contributed by atoms with Crippen LogP contribution in [0, 0.1) is 12.7 Å². The number of phenolic OH excluding ortho intramolecular Hbond substituents is 1. The standard InChI is InChI=1S/C10H12FNO/c1-6-7(11)2-3-9(13)10(6)8-4-5-12-8/h2-3,8,12-13H,4-5H2,1H3/t8-/m1/s1. The minimum atomic E-state index is -0.249. The van der Waals surface area contributed by atoms with Crippen LogP contribution >= 0.6 is 0 Å². The summed E-state index contributed by atoms with van der Waals surface area (Å²) in [7, 11) is 0. The third-order valence-electron chi connectivity index (χ3n) is 2.60. The van der Waals surface area contributed by atoms with Crippen molar-refractivity contribution in [1.82, 2.24) is 5.32 Å². The normalized spacial score (nSPS) is 21.2. The van der Waals surface area contributed by atoms with Crippen molar-refractivity contribution in [3.8, 4) is 5.75 Å². The Morgan fingerprint density at radius 3 is 2.77 bits per heavy atom. The van der Waals surface area contributed by atoms with Gasteiger partial charge >= 0.3 is 0 Å². The lowest BCUT2D eigenvalue weighted by Crippen LogP contribution is -2.35. The molecule has 2 rings (SSSR count). The average molecular weight is 181 g/mol. The Kier molecular flexibility index (Phi) is 1.96. The maximum absolute atomic E-state index is 13.1. The Hall–Kier alpha value is -1.09. The number of halogens is 1. The fraction of sp³-hybridized carbons (Fsp3) is 0.400. The molecule has 70 valence electrons. The zero-order valence-electron chi connectivity index (χ0n) is 7.47. The Morgan fingerprint density at radius 1 is 1.54 bits per heavy atom. The maximum atomic E-state index is 13.1. The van der Waals surface area contributed by atoms with E-state index in [0.717, 1.165) is 13.0 Å². The summed E-state index contributed by atoms with van der Waals surface area (Å²) >= 11 is 0. The molecule has 1 atom stereocenters. The number of rotatable bonds is 1. The fourth-order valence-electron chi connectivity index (χ4n) is 1.66. The van der Waals surface area contributed by atoms with Crippen LogP contribution in [0.3, 0.4) is 0 Å². The molecular weight excluding hydrogens is 169 g/mol. The second kappa shape index (κ2) is 3.00. The molecule has 0 aromatic heterocycles. The molecule has 3 heteroatoms. The van der Waals surface area contributed by atoms with E-state index in [1.165, 1.54) is 12.1 Å². The van der Waals surface area contributed by atoms with Crippen LogP contribution < -0.4 is 5.32 Å². The molecule has 0 unspecified atom stereocenters.